The van der Waals surface area contributed by atoms with E-state index in [2.05, 4.69) is 5.32 Å². The summed E-state index contributed by atoms with van der Waals surface area (Å²) >= 11 is 0. The summed E-state index contributed by atoms with van der Waals surface area (Å²) in [7, 11) is 0. The molecule has 5 heteroatoms. The molecule has 2 aromatic rings. The average molecular weight is 272 g/mol. The van der Waals surface area contributed by atoms with Gasteiger partial charge in [0.15, 0.2) is 0 Å². The molecule has 0 aromatic heterocycles. The van der Waals surface area contributed by atoms with Crippen molar-refractivity contribution >= 4 is 23.0 Å². The molecule has 0 radical (unpaired) electrons. The molecule has 0 unspecified atom stereocenters. The molecule has 0 saturated carbocycles. The normalized spacial score (nSPS) is 10.1. The summed E-state index contributed by atoms with van der Waals surface area (Å²) in [6, 6.07) is 12.2. The summed E-state index contributed by atoms with van der Waals surface area (Å²) in [5.74, 6) is -0.251. The molecule has 0 heterocycles. The Balaban J connectivity index is 2.17. The molecule has 0 aliphatic heterocycles. The van der Waals surface area contributed by atoms with Gasteiger partial charge in [0.25, 0.3) is 0 Å². The summed E-state index contributed by atoms with van der Waals surface area (Å²) < 4.78 is 5.36. The van der Waals surface area contributed by atoms with Gasteiger partial charge in [-0.05, 0) is 49.4 Å². The Bertz CT molecular complexity index is 609. The Morgan fingerprint density at radius 1 is 1.20 bits per heavy atom. The predicted octanol–water partition coefficient (Wildman–Crippen LogP) is 3.11. The van der Waals surface area contributed by atoms with Crippen molar-refractivity contribution < 1.29 is 14.6 Å². The molecule has 2 aromatic carbocycles. The number of ether oxygens (including phenoxy) is 1. The number of carboxylic acids is 1. The number of rotatable bonds is 5. The minimum atomic E-state index is -1.04. The number of carbonyl (C=O) groups is 1. The molecule has 20 heavy (non-hydrogen) atoms. The molecule has 5 nitrogen and oxygen atoms in total. The summed E-state index contributed by atoms with van der Waals surface area (Å²) in [6.07, 6.45) is 0. The van der Waals surface area contributed by atoms with E-state index in [-0.39, 0.29) is 11.3 Å². The molecule has 0 saturated heterocycles. The van der Waals surface area contributed by atoms with Crippen LogP contribution in [-0.2, 0) is 0 Å². The second kappa shape index (κ2) is 5.97. The van der Waals surface area contributed by atoms with Gasteiger partial charge in [-0.25, -0.2) is 4.79 Å². The van der Waals surface area contributed by atoms with Crippen molar-refractivity contribution in [2.45, 2.75) is 6.92 Å². The highest BCUT2D eigenvalue weighted by atomic mass is 16.5. The van der Waals surface area contributed by atoms with Crippen LogP contribution in [0, 0.1) is 0 Å². The van der Waals surface area contributed by atoms with Gasteiger partial charge in [-0.2, -0.15) is 0 Å². The monoisotopic (exact) mass is 272 g/mol. The zero-order valence-corrected chi connectivity index (χ0v) is 11.1. The maximum Gasteiger partial charge on any atom is 0.337 e. The van der Waals surface area contributed by atoms with Crippen molar-refractivity contribution in [2.24, 2.45) is 0 Å². The van der Waals surface area contributed by atoms with E-state index in [1.807, 2.05) is 31.2 Å². The van der Waals surface area contributed by atoms with Crippen LogP contribution in [0.15, 0.2) is 42.5 Å². The standard InChI is InChI=1S/C15H16N2O3/c1-2-20-12-6-3-10(4-7-12)17-11-5-8-14(16)13(9-11)15(18)19/h3-9,17H,2,16H2,1H3,(H,18,19). The van der Waals surface area contributed by atoms with Crippen LogP contribution in [-0.4, -0.2) is 17.7 Å². The van der Waals surface area contributed by atoms with Gasteiger partial charge in [-0.1, -0.05) is 0 Å². The van der Waals surface area contributed by atoms with Crippen molar-refractivity contribution in [3.63, 3.8) is 0 Å². The van der Waals surface area contributed by atoms with Crippen molar-refractivity contribution in [3.8, 4) is 5.75 Å². The van der Waals surface area contributed by atoms with E-state index in [4.69, 9.17) is 15.6 Å². The quantitative estimate of drug-likeness (QED) is 0.728. The summed E-state index contributed by atoms with van der Waals surface area (Å²) in [4.78, 5) is 11.0. The third-order valence-corrected chi connectivity index (χ3v) is 2.74. The molecule has 0 aliphatic rings. The van der Waals surface area contributed by atoms with E-state index < -0.39 is 5.97 Å². The minimum absolute atomic E-state index is 0.0842. The average Bonchev–Trinajstić information content (AvgIpc) is 2.43. The van der Waals surface area contributed by atoms with E-state index >= 15 is 0 Å². The zero-order valence-electron chi connectivity index (χ0n) is 11.1. The lowest BCUT2D eigenvalue weighted by Gasteiger charge is -2.09. The van der Waals surface area contributed by atoms with Crippen LogP contribution in [0.25, 0.3) is 0 Å². The number of nitrogens with one attached hydrogen (secondary N) is 1. The summed E-state index contributed by atoms with van der Waals surface area (Å²) in [6.45, 7) is 2.54. The Morgan fingerprint density at radius 3 is 2.45 bits per heavy atom. The number of anilines is 3. The Morgan fingerprint density at radius 2 is 1.85 bits per heavy atom. The molecular formula is C15H16N2O3. The fourth-order valence-electron chi connectivity index (χ4n) is 1.79. The van der Waals surface area contributed by atoms with Crippen LogP contribution >= 0.6 is 0 Å². The lowest BCUT2D eigenvalue weighted by Crippen LogP contribution is -2.03. The van der Waals surface area contributed by atoms with Gasteiger partial charge < -0.3 is 20.9 Å². The molecular weight excluding hydrogens is 256 g/mol. The number of hydrogen-bond acceptors (Lipinski definition) is 4. The fourth-order valence-corrected chi connectivity index (χ4v) is 1.79. The van der Waals surface area contributed by atoms with Crippen LogP contribution < -0.4 is 15.8 Å². The van der Waals surface area contributed by atoms with Crippen molar-refractivity contribution in [1.82, 2.24) is 0 Å². The number of benzene rings is 2. The van der Waals surface area contributed by atoms with Crippen LogP contribution in [0.4, 0.5) is 17.1 Å². The van der Waals surface area contributed by atoms with E-state index in [0.717, 1.165) is 11.4 Å². The number of hydrogen-bond donors (Lipinski definition) is 3. The lowest BCUT2D eigenvalue weighted by atomic mass is 10.1. The molecule has 0 amide bonds. The van der Waals surface area contributed by atoms with E-state index in [1.54, 1.807) is 12.1 Å². The molecule has 2 rings (SSSR count). The molecule has 0 aliphatic carbocycles. The molecule has 0 fully saturated rings. The van der Waals surface area contributed by atoms with Crippen LogP contribution in [0.1, 0.15) is 17.3 Å². The third kappa shape index (κ3) is 3.20. The Hall–Kier alpha value is -2.69. The van der Waals surface area contributed by atoms with Crippen molar-refractivity contribution in [2.75, 3.05) is 17.7 Å². The van der Waals surface area contributed by atoms with E-state index in [1.165, 1.54) is 6.07 Å². The van der Waals surface area contributed by atoms with Crippen LogP contribution in [0.5, 0.6) is 5.75 Å². The van der Waals surface area contributed by atoms with Gasteiger partial charge in [-0.3, -0.25) is 0 Å². The van der Waals surface area contributed by atoms with E-state index in [9.17, 15) is 4.79 Å². The molecule has 0 atom stereocenters. The Kier molecular flexibility index (Phi) is 4.10. The number of nitrogen functional groups attached to an aromatic ring is 1. The van der Waals surface area contributed by atoms with Gasteiger partial charge in [-0.15, -0.1) is 0 Å². The molecule has 0 spiro atoms. The van der Waals surface area contributed by atoms with Gasteiger partial charge in [0, 0.05) is 17.1 Å². The number of carboxylic acid groups (broad SMARTS) is 1. The first kappa shape index (κ1) is 13.7. The highest BCUT2D eigenvalue weighted by molar-refractivity contribution is 5.95. The highest BCUT2D eigenvalue weighted by Crippen LogP contribution is 2.23. The zero-order chi connectivity index (χ0) is 14.5. The van der Waals surface area contributed by atoms with Crippen molar-refractivity contribution in [3.05, 3.63) is 48.0 Å². The minimum Gasteiger partial charge on any atom is -0.494 e. The first-order chi connectivity index (χ1) is 9.60. The van der Waals surface area contributed by atoms with E-state index in [0.29, 0.717) is 12.3 Å². The third-order valence-electron chi connectivity index (χ3n) is 2.74. The largest absolute Gasteiger partial charge is 0.494 e. The predicted molar refractivity (Wildman–Crippen MR) is 78.7 cm³/mol. The van der Waals surface area contributed by atoms with Gasteiger partial charge in [0.2, 0.25) is 0 Å². The van der Waals surface area contributed by atoms with Gasteiger partial charge in [0.05, 0.1) is 12.2 Å². The topological polar surface area (TPSA) is 84.6 Å². The maximum absolute atomic E-state index is 11.0. The molecule has 4 N–H and O–H groups in total. The van der Waals surface area contributed by atoms with Gasteiger partial charge in [0.1, 0.15) is 5.75 Å². The summed E-state index contributed by atoms with van der Waals surface area (Å²) in [5, 5.41) is 12.1. The van der Waals surface area contributed by atoms with Crippen LogP contribution in [0.3, 0.4) is 0 Å². The molecule has 0 bridgehead atoms. The SMILES string of the molecule is CCOc1ccc(Nc2ccc(N)c(C(=O)O)c2)cc1. The van der Waals surface area contributed by atoms with Gasteiger partial charge >= 0.3 is 5.97 Å². The summed E-state index contributed by atoms with van der Waals surface area (Å²) in [5.41, 5.74) is 7.45. The number of aromatic carboxylic acids is 1. The molecule has 104 valence electrons. The first-order valence-corrected chi connectivity index (χ1v) is 6.23. The lowest BCUT2D eigenvalue weighted by molar-refractivity contribution is 0.0698. The fraction of sp³-hybridized carbons (Fsp3) is 0.133. The Labute approximate surface area is 117 Å². The van der Waals surface area contributed by atoms with Crippen LogP contribution in [0.2, 0.25) is 0 Å². The second-order valence-electron chi connectivity index (χ2n) is 4.19. The smallest absolute Gasteiger partial charge is 0.337 e. The first-order valence-electron chi connectivity index (χ1n) is 6.23. The second-order valence-corrected chi connectivity index (χ2v) is 4.19. The van der Waals surface area contributed by atoms with Crippen molar-refractivity contribution in [1.29, 1.82) is 0 Å². The highest BCUT2D eigenvalue weighted by Gasteiger charge is 2.08. The maximum atomic E-state index is 11.0. The number of nitrogens with two attached hydrogens (primary N) is 1.